The molecule has 1 aliphatic rings. The lowest BCUT2D eigenvalue weighted by Crippen LogP contribution is -2.34. The number of aromatic nitrogens is 3. The first-order valence-corrected chi connectivity index (χ1v) is 11.3. The van der Waals surface area contributed by atoms with Gasteiger partial charge in [0.05, 0.1) is 40.4 Å². The summed E-state index contributed by atoms with van der Waals surface area (Å²) in [4.78, 5) is 12.3. The number of piperidine rings is 1. The van der Waals surface area contributed by atoms with E-state index in [1.165, 1.54) is 22.5 Å². The number of hydrogen-bond acceptors (Lipinski definition) is 5. The molecule has 150 valence electrons. The molecule has 1 atom stereocenters. The molecule has 1 N–H and O–H groups in total. The molecular weight excluding hydrogens is 404 g/mol. The second-order valence-electron chi connectivity index (χ2n) is 7.54. The van der Waals surface area contributed by atoms with Gasteiger partial charge in [-0.25, -0.2) is 9.97 Å². The van der Waals surface area contributed by atoms with Crippen LogP contribution in [0.4, 0.5) is 0 Å². The molecule has 1 saturated heterocycles. The zero-order valence-electron chi connectivity index (χ0n) is 16.1. The summed E-state index contributed by atoms with van der Waals surface area (Å²) in [6.45, 7) is 2.37. The van der Waals surface area contributed by atoms with E-state index in [9.17, 15) is 5.11 Å². The quantitative estimate of drug-likeness (QED) is 0.487. The molecule has 0 bridgehead atoms. The average molecular weight is 427 g/mol. The van der Waals surface area contributed by atoms with Crippen LogP contribution < -0.4 is 0 Å². The van der Waals surface area contributed by atoms with E-state index in [4.69, 9.17) is 21.6 Å². The molecule has 1 fully saturated rings. The number of halogens is 1. The summed E-state index contributed by atoms with van der Waals surface area (Å²) in [5, 5.41) is 11.5. The van der Waals surface area contributed by atoms with E-state index in [2.05, 4.69) is 27.7 Å². The number of benzene rings is 2. The van der Waals surface area contributed by atoms with Gasteiger partial charge in [0.2, 0.25) is 0 Å². The summed E-state index contributed by atoms with van der Waals surface area (Å²) in [5.74, 6) is 0.976. The number of para-hydroxylation sites is 1. The molecule has 3 heterocycles. The Morgan fingerprint density at radius 1 is 1.10 bits per heavy atom. The van der Waals surface area contributed by atoms with Crippen molar-refractivity contribution >= 4 is 44.2 Å². The number of nitrogens with zero attached hydrogens (tertiary/aromatic N) is 4. The lowest BCUT2D eigenvalue weighted by Gasteiger charge is -2.34. The maximum Gasteiger partial charge on any atom is 0.124 e. The zero-order chi connectivity index (χ0) is 19.8. The van der Waals surface area contributed by atoms with E-state index < -0.39 is 0 Å². The van der Waals surface area contributed by atoms with Crippen LogP contribution in [0.1, 0.15) is 36.1 Å². The molecule has 0 aliphatic carbocycles. The van der Waals surface area contributed by atoms with Gasteiger partial charge in [-0.15, -0.1) is 11.3 Å². The molecule has 5 rings (SSSR count). The maximum atomic E-state index is 9.60. The van der Waals surface area contributed by atoms with Crippen molar-refractivity contribution in [2.24, 2.45) is 0 Å². The summed E-state index contributed by atoms with van der Waals surface area (Å²) in [6.07, 6.45) is 3.53. The number of hydrogen-bond donors (Lipinski definition) is 1. The van der Waals surface area contributed by atoms with Crippen LogP contribution in [0.25, 0.3) is 21.3 Å². The van der Waals surface area contributed by atoms with Crippen LogP contribution in [0.3, 0.4) is 0 Å². The van der Waals surface area contributed by atoms with Gasteiger partial charge in [0.15, 0.2) is 0 Å². The third-order valence-electron chi connectivity index (χ3n) is 5.67. The zero-order valence-corrected chi connectivity index (χ0v) is 17.7. The summed E-state index contributed by atoms with van der Waals surface area (Å²) >= 11 is 8.02. The van der Waals surface area contributed by atoms with Gasteiger partial charge >= 0.3 is 0 Å². The van der Waals surface area contributed by atoms with E-state index in [0.29, 0.717) is 17.6 Å². The highest BCUT2D eigenvalue weighted by atomic mass is 35.5. The molecule has 2 aromatic carbocycles. The van der Waals surface area contributed by atoms with Gasteiger partial charge in [-0.3, -0.25) is 4.90 Å². The minimum atomic E-state index is 0.0757. The van der Waals surface area contributed by atoms with E-state index in [-0.39, 0.29) is 6.61 Å². The summed E-state index contributed by atoms with van der Waals surface area (Å²) in [6, 6.07) is 14.4. The van der Waals surface area contributed by atoms with Crippen molar-refractivity contribution in [1.29, 1.82) is 0 Å². The minimum Gasteiger partial charge on any atom is -0.395 e. The van der Waals surface area contributed by atoms with Gasteiger partial charge in [0, 0.05) is 11.6 Å². The van der Waals surface area contributed by atoms with Crippen molar-refractivity contribution < 1.29 is 5.11 Å². The summed E-state index contributed by atoms with van der Waals surface area (Å²) in [5.41, 5.74) is 2.99. The largest absolute Gasteiger partial charge is 0.395 e. The monoisotopic (exact) mass is 426 g/mol. The molecule has 0 unspecified atom stereocenters. The molecule has 0 amide bonds. The van der Waals surface area contributed by atoms with Gasteiger partial charge in [0.25, 0.3) is 0 Å². The number of aliphatic hydroxyl groups is 1. The third kappa shape index (κ3) is 3.66. The Bertz CT molecular complexity index is 1120. The Labute approximate surface area is 178 Å². The van der Waals surface area contributed by atoms with Gasteiger partial charge in [-0.2, -0.15) is 0 Å². The smallest absolute Gasteiger partial charge is 0.124 e. The highest BCUT2D eigenvalue weighted by Crippen LogP contribution is 2.36. The highest BCUT2D eigenvalue weighted by Gasteiger charge is 2.28. The summed E-state index contributed by atoms with van der Waals surface area (Å²) in [7, 11) is 0. The first kappa shape index (κ1) is 19.0. The predicted molar refractivity (Wildman–Crippen MR) is 118 cm³/mol. The van der Waals surface area contributed by atoms with Gasteiger partial charge in [0.1, 0.15) is 10.8 Å². The molecule has 0 spiro atoms. The van der Waals surface area contributed by atoms with Crippen molar-refractivity contribution in [2.45, 2.75) is 38.4 Å². The van der Waals surface area contributed by atoms with E-state index in [0.717, 1.165) is 41.9 Å². The van der Waals surface area contributed by atoms with Crippen molar-refractivity contribution in [3.8, 4) is 0 Å². The number of thiazole rings is 1. The van der Waals surface area contributed by atoms with Crippen LogP contribution in [0.15, 0.2) is 42.5 Å². The second-order valence-corrected chi connectivity index (χ2v) is 9.04. The van der Waals surface area contributed by atoms with E-state index in [1.54, 1.807) is 11.3 Å². The van der Waals surface area contributed by atoms with E-state index in [1.807, 2.05) is 24.3 Å². The Balaban J connectivity index is 1.50. The normalized spacial score (nSPS) is 18.1. The lowest BCUT2D eigenvalue weighted by molar-refractivity contribution is 0.134. The molecule has 7 heteroatoms. The fourth-order valence-corrected chi connectivity index (χ4v) is 5.59. The first-order chi connectivity index (χ1) is 14.2. The molecule has 0 saturated carbocycles. The molecule has 4 aromatic rings. The van der Waals surface area contributed by atoms with Crippen LogP contribution in [0.2, 0.25) is 5.02 Å². The minimum absolute atomic E-state index is 0.0757. The molecular formula is C22H23ClN4OS. The fraction of sp³-hybridized carbons (Fsp3) is 0.364. The predicted octanol–water partition coefficient (Wildman–Crippen LogP) is 5.02. The number of imidazole rings is 1. The Kier molecular flexibility index (Phi) is 5.26. The molecule has 1 aliphatic heterocycles. The fourth-order valence-electron chi connectivity index (χ4n) is 4.29. The molecule has 2 aromatic heterocycles. The van der Waals surface area contributed by atoms with Crippen molar-refractivity contribution in [1.82, 2.24) is 19.4 Å². The first-order valence-electron chi connectivity index (χ1n) is 10.1. The average Bonchev–Trinajstić information content (AvgIpc) is 3.30. The molecule has 5 nitrogen and oxygen atoms in total. The van der Waals surface area contributed by atoms with Gasteiger partial charge < -0.3 is 9.67 Å². The van der Waals surface area contributed by atoms with Crippen LogP contribution in [0, 0.1) is 0 Å². The number of rotatable bonds is 5. The van der Waals surface area contributed by atoms with Crippen LogP contribution in [-0.4, -0.2) is 37.7 Å². The summed E-state index contributed by atoms with van der Waals surface area (Å²) < 4.78 is 3.35. The number of aliphatic hydroxyl groups excluding tert-OH is 1. The highest BCUT2D eigenvalue weighted by molar-refractivity contribution is 7.18. The van der Waals surface area contributed by atoms with Gasteiger partial charge in [-0.1, -0.05) is 30.2 Å². The maximum absolute atomic E-state index is 9.60. The third-order valence-corrected chi connectivity index (χ3v) is 7.04. The van der Waals surface area contributed by atoms with Crippen molar-refractivity contribution in [3.63, 3.8) is 0 Å². The second kappa shape index (κ2) is 8.03. The SMILES string of the molecule is OCCn1c(CN2CCCC[C@@H]2c2nc3ccccc3s2)nc2ccc(Cl)cc21. The van der Waals surface area contributed by atoms with Gasteiger partial charge in [-0.05, 0) is 49.7 Å². The lowest BCUT2D eigenvalue weighted by atomic mass is 10.0. The standard InChI is InChI=1S/C22H23ClN4OS/c23-15-8-9-16-19(13-15)27(11-12-28)21(24-16)14-26-10-4-3-6-18(26)22-25-17-5-1-2-7-20(17)29-22/h1-2,5,7-9,13,18,28H,3-4,6,10-12,14H2/t18-/m1/s1. The van der Waals surface area contributed by atoms with E-state index >= 15 is 0 Å². The Morgan fingerprint density at radius 2 is 2.00 bits per heavy atom. The Morgan fingerprint density at radius 3 is 2.86 bits per heavy atom. The molecule has 29 heavy (non-hydrogen) atoms. The van der Waals surface area contributed by atoms with Crippen LogP contribution in [0.5, 0.6) is 0 Å². The number of fused-ring (bicyclic) bond motifs is 2. The van der Waals surface area contributed by atoms with Crippen LogP contribution in [-0.2, 0) is 13.1 Å². The topological polar surface area (TPSA) is 54.2 Å². The van der Waals surface area contributed by atoms with Crippen molar-refractivity contribution in [2.75, 3.05) is 13.2 Å². The molecule has 0 radical (unpaired) electrons. The van der Waals surface area contributed by atoms with Crippen molar-refractivity contribution in [3.05, 3.63) is 58.3 Å². The van der Waals surface area contributed by atoms with Crippen LogP contribution >= 0.6 is 22.9 Å². The Hall–Kier alpha value is -1.99. The number of likely N-dealkylation sites (tertiary alicyclic amines) is 1.